The van der Waals surface area contributed by atoms with Gasteiger partial charge < -0.3 is 15.3 Å². The molecule has 1 heterocycles. The summed E-state index contributed by atoms with van der Waals surface area (Å²) in [6.07, 6.45) is 1.83. The summed E-state index contributed by atoms with van der Waals surface area (Å²) in [6.45, 7) is 4.47. The van der Waals surface area contributed by atoms with Crippen LogP contribution in [0.15, 0.2) is 24.3 Å². The molecular weight excluding hydrogens is 308 g/mol. The van der Waals surface area contributed by atoms with Gasteiger partial charge >= 0.3 is 5.97 Å². The molecule has 0 saturated carbocycles. The maximum atomic E-state index is 12.3. The monoisotopic (exact) mass is 332 g/mol. The number of carboxylic acids is 1. The fraction of sp³-hybridized carbons (Fsp3) is 0.500. The van der Waals surface area contributed by atoms with Crippen molar-refractivity contribution in [3.8, 4) is 0 Å². The molecule has 2 N–H and O–H groups in total. The number of nitrogens with zero attached hydrogens (tertiary/aromatic N) is 1. The number of carbonyl (C=O) groups is 3. The standard InChI is InChI=1S/C18H24N2O4/c1-12(18(23)24)11-14-3-5-16(6-4-14)19-17(22)15-7-9-20(10-8-15)13(2)21/h3-6,12,15H,7-11H2,1-2H3,(H,19,22)(H,23,24). The highest BCUT2D eigenvalue weighted by atomic mass is 16.4. The first-order chi connectivity index (χ1) is 11.4. The molecule has 1 saturated heterocycles. The van der Waals surface area contributed by atoms with E-state index in [1.54, 1.807) is 30.9 Å². The molecule has 1 aromatic carbocycles. The number of piperidine rings is 1. The van der Waals surface area contributed by atoms with E-state index in [0.717, 1.165) is 5.56 Å². The maximum absolute atomic E-state index is 12.3. The third-order valence-corrected chi connectivity index (χ3v) is 4.50. The highest BCUT2D eigenvalue weighted by molar-refractivity contribution is 5.92. The third-order valence-electron chi connectivity index (χ3n) is 4.50. The molecule has 0 aromatic heterocycles. The van der Waals surface area contributed by atoms with Gasteiger partial charge in [-0.1, -0.05) is 19.1 Å². The highest BCUT2D eigenvalue weighted by Gasteiger charge is 2.26. The number of rotatable bonds is 5. The van der Waals surface area contributed by atoms with Gasteiger partial charge in [-0.25, -0.2) is 0 Å². The molecule has 0 spiro atoms. The number of anilines is 1. The lowest BCUT2D eigenvalue weighted by Gasteiger charge is -2.30. The first kappa shape index (κ1) is 18.0. The summed E-state index contributed by atoms with van der Waals surface area (Å²) in [5, 5.41) is 11.8. The molecule has 0 radical (unpaired) electrons. The van der Waals surface area contributed by atoms with Crippen molar-refractivity contribution >= 4 is 23.5 Å². The summed E-state index contributed by atoms with van der Waals surface area (Å²) < 4.78 is 0. The van der Waals surface area contributed by atoms with Gasteiger partial charge in [0.2, 0.25) is 11.8 Å². The lowest BCUT2D eigenvalue weighted by molar-refractivity contribution is -0.141. The fourth-order valence-electron chi connectivity index (χ4n) is 2.87. The predicted molar refractivity (Wildman–Crippen MR) is 90.6 cm³/mol. The summed E-state index contributed by atoms with van der Waals surface area (Å²) in [5.74, 6) is -1.29. The van der Waals surface area contributed by atoms with Gasteiger partial charge in [0.05, 0.1) is 5.92 Å². The Morgan fingerprint density at radius 1 is 1.21 bits per heavy atom. The van der Waals surface area contributed by atoms with Gasteiger partial charge in [0, 0.05) is 31.6 Å². The molecule has 1 fully saturated rings. The minimum atomic E-state index is -0.815. The Hall–Kier alpha value is -2.37. The van der Waals surface area contributed by atoms with E-state index >= 15 is 0 Å². The lowest BCUT2D eigenvalue weighted by atomic mass is 9.95. The topological polar surface area (TPSA) is 86.7 Å². The van der Waals surface area contributed by atoms with Gasteiger partial charge in [-0.3, -0.25) is 14.4 Å². The second-order valence-electron chi connectivity index (χ2n) is 6.41. The van der Waals surface area contributed by atoms with Crippen molar-refractivity contribution in [3.63, 3.8) is 0 Å². The van der Waals surface area contributed by atoms with Crippen LogP contribution in [0.5, 0.6) is 0 Å². The van der Waals surface area contributed by atoms with Crippen molar-refractivity contribution < 1.29 is 19.5 Å². The second kappa shape index (κ2) is 7.95. The molecule has 24 heavy (non-hydrogen) atoms. The Balaban J connectivity index is 1.86. The van der Waals surface area contributed by atoms with Gasteiger partial charge in [-0.2, -0.15) is 0 Å². The van der Waals surface area contributed by atoms with E-state index < -0.39 is 11.9 Å². The largest absolute Gasteiger partial charge is 0.481 e. The maximum Gasteiger partial charge on any atom is 0.306 e. The molecule has 1 aliphatic rings. The van der Waals surface area contributed by atoms with Crippen LogP contribution in [0.1, 0.15) is 32.3 Å². The molecule has 2 rings (SSSR count). The van der Waals surface area contributed by atoms with E-state index in [4.69, 9.17) is 5.11 Å². The summed E-state index contributed by atoms with van der Waals surface area (Å²) in [7, 11) is 0. The number of amides is 2. The van der Waals surface area contributed by atoms with Gasteiger partial charge in [0.15, 0.2) is 0 Å². The number of hydrogen-bond acceptors (Lipinski definition) is 3. The number of carbonyl (C=O) groups excluding carboxylic acids is 2. The molecular formula is C18H24N2O4. The molecule has 2 amide bonds. The second-order valence-corrected chi connectivity index (χ2v) is 6.41. The SMILES string of the molecule is CC(=O)N1CCC(C(=O)Nc2ccc(CC(C)C(=O)O)cc2)CC1. The molecule has 1 atom stereocenters. The minimum absolute atomic E-state index is 0.0233. The summed E-state index contributed by atoms with van der Waals surface area (Å²) in [4.78, 5) is 36.2. The van der Waals surface area contributed by atoms with Crippen LogP contribution in [-0.2, 0) is 20.8 Å². The van der Waals surface area contributed by atoms with E-state index in [9.17, 15) is 14.4 Å². The number of aliphatic carboxylic acids is 1. The van der Waals surface area contributed by atoms with E-state index in [-0.39, 0.29) is 17.7 Å². The van der Waals surface area contributed by atoms with Crippen molar-refractivity contribution in [2.75, 3.05) is 18.4 Å². The lowest BCUT2D eigenvalue weighted by Crippen LogP contribution is -2.40. The first-order valence-electron chi connectivity index (χ1n) is 8.25. The van der Waals surface area contributed by atoms with Crippen LogP contribution in [0.2, 0.25) is 0 Å². The quantitative estimate of drug-likeness (QED) is 0.865. The number of hydrogen-bond donors (Lipinski definition) is 2. The van der Waals surface area contributed by atoms with E-state index in [1.807, 2.05) is 12.1 Å². The number of carboxylic acid groups (broad SMARTS) is 1. The van der Waals surface area contributed by atoms with Crippen LogP contribution >= 0.6 is 0 Å². The van der Waals surface area contributed by atoms with Crippen molar-refractivity contribution in [2.45, 2.75) is 33.1 Å². The summed E-state index contributed by atoms with van der Waals surface area (Å²) in [6, 6.07) is 7.28. The Labute approximate surface area is 141 Å². The van der Waals surface area contributed by atoms with E-state index in [0.29, 0.717) is 38.0 Å². The van der Waals surface area contributed by atoms with Gasteiger partial charge in [-0.15, -0.1) is 0 Å². The van der Waals surface area contributed by atoms with Gasteiger partial charge in [-0.05, 0) is 37.0 Å². The zero-order chi connectivity index (χ0) is 17.7. The van der Waals surface area contributed by atoms with Crippen molar-refractivity contribution in [1.82, 2.24) is 4.90 Å². The Kier molecular flexibility index (Phi) is 5.95. The highest BCUT2D eigenvalue weighted by Crippen LogP contribution is 2.20. The average molecular weight is 332 g/mol. The summed E-state index contributed by atoms with van der Waals surface area (Å²) in [5.41, 5.74) is 1.64. The molecule has 1 aromatic rings. The number of likely N-dealkylation sites (tertiary alicyclic amines) is 1. The van der Waals surface area contributed by atoms with Crippen molar-refractivity contribution in [1.29, 1.82) is 0 Å². The number of nitrogens with one attached hydrogen (secondary N) is 1. The Morgan fingerprint density at radius 3 is 2.29 bits per heavy atom. The third kappa shape index (κ3) is 4.81. The molecule has 6 nitrogen and oxygen atoms in total. The molecule has 6 heteroatoms. The van der Waals surface area contributed by atoms with Crippen LogP contribution in [-0.4, -0.2) is 40.9 Å². The molecule has 1 aliphatic heterocycles. The van der Waals surface area contributed by atoms with Crippen LogP contribution in [0.4, 0.5) is 5.69 Å². The zero-order valence-electron chi connectivity index (χ0n) is 14.1. The first-order valence-corrected chi connectivity index (χ1v) is 8.25. The molecule has 0 bridgehead atoms. The van der Waals surface area contributed by atoms with Crippen LogP contribution < -0.4 is 5.32 Å². The van der Waals surface area contributed by atoms with E-state index in [1.165, 1.54) is 0 Å². The van der Waals surface area contributed by atoms with Crippen LogP contribution in [0, 0.1) is 11.8 Å². The fourth-order valence-corrected chi connectivity index (χ4v) is 2.87. The number of benzene rings is 1. The van der Waals surface area contributed by atoms with E-state index in [2.05, 4.69) is 5.32 Å². The van der Waals surface area contributed by atoms with Crippen LogP contribution in [0.3, 0.4) is 0 Å². The Morgan fingerprint density at radius 2 is 1.79 bits per heavy atom. The smallest absolute Gasteiger partial charge is 0.306 e. The molecule has 130 valence electrons. The zero-order valence-corrected chi connectivity index (χ0v) is 14.1. The Bertz CT molecular complexity index is 604. The van der Waals surface area contributed by atoms with Gasteiger partial charge in [0.25, 0.3) is 0 Å². The van der Waals surface area contributed by atoms with Gasteiger partial charge in [0.1, 0.15) is 0 Å². The normalized spacial score (nSPS) is 16.5. The van der Waals surface area contributed by atoms with Crippen LogP contribution in [0.25, 0.3) is 0 Å². The molecule has 0 aliphatic carbocycles. The predicted octanol–water partition coefficient (Wildman–Crippen LogP) is 2.15. The average Bonchev–Trinajstić information content (AvgIpc) is 2.56. The molecule has 1 unspecified atom stereocenters. The minimum Gasteiger partial charge on any atom is -0.481 e. The van der Waals surface area contributed by atoms with Crippen molar-refractivity contribution in [2.24, 2.45) is 11.8 Å². The summed E-state index contributed by atoms with van der Waals surface area (Å²) >= 11 is 0. The van der Waals surface area contributed by atoms with Crippen molar-refractivity contribution in [3.05, 3.63) is 29.8 Å².